The van der Waals surface area contributed by atoms with Crippen LogP contribution in [0.4, 0.5) is 16.2 Å². The van der Waals surface area contributed by atoms with Crippen LogP contribution < -0.4 is 14.8 Å². The summed E-state index contributed by atoms with van der Waals surface area (Å²) in [6.45, 7) is 3.91. The average Bonchev–Trinajstić information content (AvgIpc) is 4.30. The monoisotopic (exact) mass is 1070 g/mol. The maximum absolute atomic E-state index is 13.8. The summed E-state index contributed by atoms with van der Waals surface area (Å²) < 4.78 is 45.3. The van der Waals surface area contributed by atoms with Crippen molar-refractivity contribution in [2.45, 2.75) is 11.8 Å². The number of aliphatic imine (C=N–C) groups is 1. The summed E-state index contributed by atoms with van der Waals surface area (Å²) in [5.41, 5.74) is 9.38. The van der Waals surface area contributed by atoms with E-state index in [0.717, 1.165) is 44.6 Å². The lowest BCUT2D eigenvalue weighted by Crippen LogP contribution is -2.43. The van der Waals surface area contributed by atoms with E-state index in [1.807, 2.05) is 73.8 Å². The number of nitrogens with zero attached hydrogens (tertiary/aromatic N) is 7. The highest BCUT2D eigenvalue weighted by atomic mass is 32.2. The van der Waals surface area contributed by atoms with E-state index in [1.54, 1.807) is 127 Å². The summed E-state index contributed by atoms with van der Waals surface area (Å²) in [6, 6.07) is 35.8. The molecule has 2 N–H and O–H groups in total. The third-order valence-corrected chi connectivity index (χ3v) is 14.8. The Balaban J connectivity index is 0.000000191. The summed E-state index contributed by atoms with van der Waals surface area (Å²) in [4.78, 5) is 70.6. The van der Waals surface area contributed by atoms with E-state index in [4.69, 9.17) is 14.2 Å². The number of fused-ring (bicyclic) bond motifs is 2. The molecule has 1 saturated heterocycles. The molecular formula is C59H55N9O9S. The van der Waals surface area contributed by atoms with Gasteiger partial charge >= 0.3 is 6.03 Å². The second-order valence-corrected chi connectivity index (χ2v) is 20.4. The molecule has 0 aliphatic carbocycles. The van der Waals surface area contributed by atoms with Gasteiger partial charge in [0.2, 0.25) is 6.08 Å². The van der Waals surface area contributed by atoms with Crippen LogP contribution >= 0.6 is 0 Å². The molecular weight excluding hydrogens is 1010 g/mol. The van der Waals surface area contributed by atoms with E-state index < -0.39 is 10.0 Å². The molecule has 396 valence electrons. The van der Waals surface area contributed by atoms with E-state index >= 15 is 0 Å². The van der Waals surface area contributed by atoms with Gasteiger partial charge in [0.05, 0.1) is 54.8 Å². The number of pyridine rings is 2. The number of nitrogens with one attached hydrogen (secondary N) is 2. The number of methoxy groups -OCH3 is 2. The van der Waals surface area contributed by atoms with Gasteiger partial charge in [-0.05, 0) is 78.7 Å². The highest BCUT2D eigenvalue weighted by Crippen LogP contribution is 2.40. The van der Waals surface area contributed by atoms with Crippen LogP contribution in [0.25, 0.3) is 66.6 Å². The van der Waals surface area contributed by atoms with Crippen LogP contribution in [0.2, 0.25) is 0 Å². The van der Waals surface area contributed by atoms with Crippen LogP contribution in [0, 0.1) is 6.92 Å². The molecule has 0 radical (unpaired) electrons. The van der Waals surface area contributed by atoms with Crippen molar-refractivity contribution in [3.8, 4) is 56.0 Å². The molecule has 0 saturated carbocycles. The van der Waals surface area contributed by atoms with Gasteiger partial charge in [0.1, 0.15) is 17.1 Å². The number of aryl methyl sites for hydroxylation is 1. The van der Waals surface area contributed by atoms with Crippen molar-refractivity contribution in [3.05, 3.63) is 163 Å². The number of morpholine rings is 1. The predicted molar refractivity (Wildman–Crippen MR) is 300 cm³/mol. The SMILES string of the molecule is COc1ccccc1-c1c[nH]c2ncc(-c3ccc(NC(=O)N4CCOCC4)c(C(=O)N(C)C)c3)cc12.COc1ccccc1-c1cn(S(=O)(=O)c2ccc(C)cc2)c2ncc(-c3ccc(N=C=O)c(C(=O)N(C)C)c3)cc12. The van der Waals surface area contributed by atoms with Gasteiger partial charge in [-0.2, -0.15) is 4.99 Å². The Bertz CT molecular complexity index is 3910. The van der Waals surface area contributed by atoms with Gasteiger partial charge in [-0.15, -0.1) is 0 Å². The number of carbonyl (C=O) groups excluding carboxylic acids is 4. The van der Waals surface area contributed by atoms with E-state index in [1.165, 1.54) is 19.9 Å². The Labute approximate surface area is 450 Å². The highest BCUT2D eigenvalue weighted by Gasteiger charge is 2.26. The van der Waals surface area contributed by atoms with Crippen LogP contribution in [0.5, 0.6) is 11.5 Å². The number of aromatic amines is 1. The van der Waals surface area contributed by atoms with Crippen LogP contribution in [-0.4, -0.2) is 135 Å². The lowest BCUT2D eigenvalue weighted by Gasteiger charge is -2.27. The molecule has 0 bridgehead atoms. The van der Waals surface area contributed by atoms with E-state index in [0.29, 0.717) is 70.9 Å². The minimum atomic E-state index is -3.99. The van der Waals surface area contributed by atoms with Gasteiger partial charge in [0, 0.05) is 110 Å². The summed E-state index contributed by atoms with van der Waals surface area (Å²) in [6.07, 6.45) is 8.29. The molecule has 1 aliphatic heterocycles. The first kappa shape index (κ1) is 53.4. The lowest BCUT2D eigenvalue weighted by molar-refractivity contribution is 0.0564. The standard InChI is InChI=1S/C31H26N4O5S.C28H29N5O4/c1-20-9-12-23(13-10-20)41(38,39)35-18-27(24-7-5-6-8-29(24)40-4)25-16-22(17-32-30(25)35)21-11-14-28(33-19-36)26(15-21)31(37)34(2)3;1-32(2)27(34)22-14-18(8-9-24(22)31-28(35)33-10-12-37-13-11-33)19-15-21-23(17-30-26(21)29-16-19)20-6-4-5-7-25(20)36-3/h5-18H,1-4H3;4-9,14-17H,10-13H2,1-3H3,(H,29,30)(H,31,35). The number of H-pyrrole nitrogens is 1. The second-order valence-electron chi connectivity index (χ2n) is 18.6. The zero-order valence-corrected chi connectivity index (χ0v) is 44.7. The van der Waals surface area contributed by atoms with Crippen molar-refractivity contribution < 1.29 is 41.8 Å². The number of urea groups is 1. The third-order valence-electron chi connectivity index (χ3n) is 13.2. The Morgan fingerprint density at radius 1 is 0.692 bits per heavy atom. The number of para-hydroxylation sites is 2. The van der Waals surface area contributed by atoms with Crippen LogP contribution in [0.3, 0.4) is 0 Å². The number of carbonyl (C=O) groups is 3. The lowest BCUT2D eigenvalue weighted by atomic mass is 9.99. The number of benzene rings is 5. The number of aromatic nitrogens is 4. The molecule has 0 spiro atoms. The van der Waals surface area contributed by atoms with Crippen LogP contribution in [0.15, 0.2) is 156 Å². The molecule has 19 heteroatoms. The number of anilines is 1. The van der Waals surface area contributed by atoms with Crippen molar-refractivity contribution in [3.63, 3.8) is 0 Å². The molecule has 5 aromatic carbocycles. The smallest absolute Gasteiger partial charge is 0.322 e. The fourth-order valence-electron chi connectivity index (χ4n) is 9.06. The first-order chi connectivity index (χ1) is 37.6. The maximum Gasteiger partial charge on any atom is 0.322 e. The van der Waals surface area contributed by atoms with E-state index in [9.17, 15) is 27.6 Å². The van der Waals surface area contributed by atoms with Gasteiger partial charge < -0.3 is 39.2 Å². The fourth-order valence-corrected chi connectivity index (χ4v) is 10.4. The molecule has 0 unspecified atom stereocenters. The second kappa shape index (κ2) is 22.8. The minimum Gasteiger partial charge on any atom is -0.496 e. The van der Waals surface area contributed by atoms with Crippen molar-refractivity contribution in [2.75, 3.05) is 74.0 Å². The number of rotatable bonds is 12. The normalized spacial score (nSPS) is 12.3. The van der Waals surface area contributed by atoms with Crippen molar-refractivity contribution in [1.29, 1.82) is 0 Å². The van der Waals surface area contributed by atoms with Crippen molar-refractivity contribution in [1.82, 2.24) is 33.6 Å². The minimum absolute atomic E-state index is 0.135. The van der Waals surface area contributed by atoms with Gasteiger partial charge in [-0.3, -0.25) is 9.59 Å². The first-order valence-corrected chi connectivity index (χ1v) is 26.1. The zero-order valence-electron chi connectivity index (χ0n) is 43.9. The Morgan fingerprint density at radius 2 is 1.27 bits per heavy atom. The van der Waals surface area contributed by atoms with Crippen LogP contribution in [-0.2, 0) is 19.6 Å². The molecule has 10 rings (SSSR count). The third kappa shape index (κ3) is 10.8. The molecule has 1 fully saturated rings. The van der Waals surface area contributed by atoms with Gasteiger partial charge in [-0.25, -0.2) is 31.9 Å². The van der Waals surface area contributed by atoms with Gasteiger partial charge in [0.25, 0.3) is 21.8 Å². The molecule has 18 nitrogen and oxygen atoms in total. The quantitative estimate of drug-likeness (QED) is 0.0868. The zero-order chi connectivity index (χ0) is 55.3. The number of hydrogen-bond donors (Lipinski definition) is 2. The Kier molecular flexibility index (Phi) is 15.6. The topological polar surface area (TPSA) is 211 Å². The van der Waals surface area contributed by atoms with Crippen molar-refractivity contribution in [2.24, 2.45) is 4.99 Å². The maximum atomic E-state index is 13.8. The molecule has 0 atom stereocenters. The van der Waals surface area contributed by atoms with Crippen molar-refractivity contribution >= 4 is 67.4 Å². The first-order valence-electron chi connectivity index (χ1n) is 24.6. The molecule has 1 aliphatic rings. The number of isocyanates is 1. The molecule has 4 amide bonds. The Morgan fingerprint density at radius 3 is 1.90 bits per heavy atom. The number of hydrogen-bond acceptors (Lipinski definition) is 12. The fraction of sp³-hybridized carbons (Fsp3) is 0.186. The summed E-state index contributed by atoms with van der Waals surface area (Å²) in [7, 11) is 5.80. The molecule has 9 aromatic rings. The number of ether oxygens (including phenoxy) is 3. The largest absolute Gasteiger partial charge is 0.496 e. The number of amides is 4. The highest BCUT2D eigenvalue weighted by molar-refractivity contribution is 7.90. The average molecular weight is 1070 g/mol. The Hall–Kier alpha value is -9.42. The van der Waals surface area contributed by atoms with E-state index in [2.05, 4.69) is 25.3 Å². The summed E-state index contributed by atoms with van der Waals surface area (Å²) in [5.74, 6) is 0.803. The summed E-state index contributed by atoms with van der Waals surface area (Å²) >= 11 is 0. The van der Waals surface area contributed by atoms with Crippen LogP contribution in [0.1, 0.15) is 26.3 Å². The molecule has 4 aromatic heterocycles. The summed E-state index contributed by atoms with van der Waals surface area (Å²) in [5, 5.41) is 4.42. The van der Waals surface area contributed by atoms with E-state index in [-0.39, 0.29) is 39.6 Å². The van der Waals surface area contributed by atoms with Gasteiger partial charge in [-0.1, -0.05) is 66.2 Å². The molecule has 78 heavy (non-hydrogen) atoms. The predicted octanol–water partition coefficient (Wildman–Crippen LogP) is 10.1. The van der Waals surface area contributed by atoms with Gasteiger partial charge in [0.15, 0.2) is 5.65 Å². The molecule has 5 heterocycles.